The molecule has 0 saturated carbocycles. The van der Waals surface area contributed by atoms with E-state index in [2.05, 4.69) is 15.0 Å². The fourth-order valence-electron chi connectivity index (χ4n) is 2.46. The van der Waals surface area contributed by atoms with Gasteiger partial charge in [-0.3, -0.25) is 19.3 Å². The summed E-state index contributed by atoms with van der Waals surface area (Å²) in [5.74, 6) is -1.49. The monoisotopic (exact) mass is 405 g/mol. The fourth-order valence-corrected chi connectivity index (χ4v) is 3.71. The average molecular weight is 405 g/mol. The Morgan fingerprint density at radius 2 is 1.82 bits per heavy atom. The highest BCUT2D eigenvalue weighted by molar-refractivity contribution is 7.90. The van der Waals surface area contributed by atoms with Crippen LogP contribution in [0.1, 0.15) is 12.0 Å². The van der Waals surface area contributed by atoms with Gasteiger partial charge in [-0.1, -0.05) is 12.1 Å². The molecule has 0 aromatic heterocycles. The summed E-state index contributed by atoms with van der Waals surface area (Å²) < 4.78 is 43.9. The number of fused-ring (bicyclic) bond motifs is 1. The number of carbonyl (C=O) groups is 2. The first-order valence-electron chi connectivity index (χ1n) is 8.23. The van der Waals surface area contributed by atoms with Crippen molar-refractivity contribution in [2.24, 2.45) is 4.99 Å². The number of aliphatic imine (C=N–C) groups is 1. The third-order valence-electron chi connectivity index (χ3n) is 3.74. The van der Waals surface area contributed by atoms with E-state index in [4.69, 9.17) is 4.74 Å². The van der Waals surface area contributed by atoms with Gasteiger partial charge in [0.2, 0.25) is 0 Å². The van der Waals surface area contributed by atoms with Crippen molar-refractivity contribution in [2.75, 3.05) is 18.5 Å². The van der Waals surface area contributed by atoms with E-state index in [1.54, 1.807) is 18.2 Å². The smallest absolute Gasteiger partial charge is 0.308 e. The van der Waals surface area contributed by atoms with Gasteiger partial charge in [-0.15, -0.1) is 0 Å². The SMILES string of the molecule is O=C(COC(=O)CCN=C1NS(=O)(=O)c2ccccc21)Nc1ccc(F)cc1. The number of carbonyl (C=O) groups excluding carboxylic acids is 2. The number of anilines is 1. The zero-order chi connectivity index (χ0) is 20.1. The van der Waals surface area contributed by atoms with Crippen molar-refractivity contribution in [1.29, 1.82) is 0 Å². The molecular weight excluding hydrogens is 389 g/mol. The highest BCUT2D eigenvalue weighted by Gasteiger charge is 2.29. The molecule has 1 aliphatic rings. The summed E-state index contributed by atoms with van der Waals surface area (Å²) in [6.07, 6.45) is -0.128. The standard InChI is InChI=1S/C18H16FN3O5S/c19-12-5-7-13(8-6-12)21-16(23)11-27-17(24)9-10-20-18-14-3-1-2-4-15(14)28(25,26)22-18/h1-8H,9-11H2,(H,20,22)(H,21,23). The lowest BCUT2D eigenvalue weighted by molar-refractivity contribution is -0.147. The van der Waals surface area contributed by atoms with Crippen molar-refractivity contribution in [2.45, 2.75) is 11.3 Å². The number of hydrogen-bond donors (Lipinski definition) is 2. The molecule has 2 aromatic rings. The van der Waals surface area contributed by atoms with E-state index in [9.17, 15) is 22.4 Å². The Bertz CT molecular complexity index is 1040. The van der Waals surface area contributed by atoms with Crippen LogP contribution < -0.4 is 10.0 Å². The second kappa shape index (κ2) is 8.17. The number of halogens is 1. The number of rotatable bonds is 6. The molecule has 0 fully saturated rings. The van der Waals surface area contributed by atoms with Crippen molar-refractivity contribution < 1.29 is 27.1 Å². The number of amidine groups is 1. The Kier molecular flexibility index (Phi) is 5.69. The quantitative estimate of drug-likeness (QED) is 0.706. The molecule has 3 rings (SSSR count). The lowest BCUT2D eigenvalue weighted by Gasteiger charge is -2.06. The molecule has 0 radical (unpaired) electrons. The Hall–Kier alpha value is -3.27. The summed E-state index contributed by atoms with van der Waals surface area (Å²) in [5, 5.41) is 2.46. The molecule has 1 aliphatic heterocycles. The van der Waals surface area contributed by atoms with Gasteiger partial charge in [0, 0.05) is 11.3 Å². The van der Waals surface area contributed by atoms with Gasteiger partial charge in [0.25, 0.3) is 15.9 Å². The summed E-state index contributed by atoms with van der Waals surface area (Å²) >= 11 is 0. The molecule has 1 heterocycles. The van der Waals surface area contributed by atoms with Gasteiger partial charge >= 0.3 is 5.97 Å². The summed E-state index contributed by atoms with van der Waals surface area (Å²) in [6, 6.07) is 11.5. The van der Waals surface area contributed by atoms with E-state index >= 15 is 0 Å². The minimum Gasteiger partial charge on any atom is -0.456 e. The van der Waals surface area contributed by atoms with Crippen molar-refractivity contribution in [3.05, 3.63) is 59.9 Å². The molecule has 0 unspecified atom stereocenters. The first-order chi connectivity index (χ1) is 13.3. The zero-order valence-electron chi connectivity index (χ0n) is 14.5. The predicted molar refractivity (Wildman–Crippen MR) is 98.8 cm³/mol. The van der Waals surface area contributed by atoms with E-state index in [0.29, 0.717) is 11.3 Å². The highest BCUT2D eigenvalue weighted by Crippen LogP contribution is 2.22. The molecule has 2 aromatic carbocycles. The lowest BCUT2D eigenvalue weighted by Crippen LogP contribution is -2.23. The molecular formula is C18H16FN3O5S. The molecule has 0 atom stereocenters. The maximum atomic E-state index is 12.8. The molecule has 1 amide bonds. The number of benzene rings is 2. The van der Waals surface area contributed by atoms with Crippen molar-refractivity contribution in [3.63, 3.8) is 0 Å². The van der Waals surface area contributed by atoms with Gasteiger partial charge < -0.3 is 10.1 Å². The van der Waals surface area contributed by atoms with Crippen LogP contribution in [-0.4, -0.2) is 39.3 Å². The Morgan fingerprint density at radius 3 is 2.57 bits per heavy atom. The van der Waals surface area contributed by atoms with E-state index in [0.717, 1.165) is 0 Å². The zero-order valence-corrected chi connectivity index (χ0v) is 15.3. The van der Waals surface area contributed by atoms with Crippen molar-refractivity contribution in [1.82, 2.24) is 4.72 Å². The minimum absolute atomic E-state index is 0.00932. The molecule has 0 saturated heterocycles. The van der Waals surface area contributed by atoms with Gasteiger partial charge in [0.1, 0.15) is 11.7 Å². The predicted octanol–water partition coefficient (Wildman–Crippen LogP) is 1.44. The first-order valence-corrected chi connectivity index (χ1v) is 9.71. The summed E-state index contributed by atoms with van der Waals surface area (Å²) in [4.78, 5) is 27.7. The summed E-state index contributed by atoms with van der Waals surface area (Å²) in [6.45, 7) is -0.507. The van der Waals surface area contributed by atoms with Crippen LogP contribution in [0.25, 0.3) is 0 Å². The van der Waals surface area contributed by atoms with Gasteiger partial charge in [-0.25, -0.2) is 12.8 Å². The molecule has 8 nitrogen and oxygen atoms in total. The Balaban J connectivity index is 1.47. The molecule has 146 valence electrons. The molecule has 0 aliphatic carbocycles. The van der Waals surface area contributed by atoms with E-state index in [1.165, 1.54) is 30.3 Å². The van der Waals surface area contributed by atoms with Crippen molar-refractivity contribution in [3.8, 4) is 0 Å². The Morgan fingerprint density at radius 1 is 1.11 bits per heavy atom. The number of nitrogens with one attached hydrogen (secondary N) is 2. The number of nitrogens with zero attached hydrogens (tertiary/aromatic N) is 1. The molecule has 0 spiro atoms. The number of esters is 1. The van der Waals surface area contributed by atoms with Gasteiger partial charge in [-0.05, 0) is 36.4 Å². The van der Waals surface area contributed by atoms with Gasteiger partial charge in [0.15, 0.2) is 6.61 Å². The number of sulfonamides is 1. The van der Waals surface area contributed by atoms with Crippen LogP contribution >= 0.6 is 0 Å². The van der Waals surface area contributed by atoms with Gasteiger partial charge in [-0.2, -0.15) is 0 Å². The van der Waals surface area contributed by atoms with Crippen LogP contribution in [-0.2, 0) is 24.3 Å². The number of hydrogen-bond acceptors (Lipinski definition) is 6. The topological polar surface area (TPSA) is 114 Å². The number of amides is 1. The van der Waals surface area contributed by atoms with Crippen LogP contribution in [0.2, 0.25) is 0 Å². The van der Waals surface area contributed by atoms with Crippen LogP contribution in [0.5, 0.6) is 0 Å². The lowest BCUT2D eigenvalue weighted by atomic mass is 10.2. The Labute approximate surface area is 160 Å². The van der Waals surface area contributed by atoms with E-state index in [-0.39, 0.29) is 23.7 Å². The highest BCUT2D eigenvalue weighted by atomic mass is 32.2. The third kappa shape index (κ3) is 4.71. The molecule has 10 heteroatoms. The molecule has 2 N–H and O–H groups in total. The number of ether oxygens (including phenoxy) is 1. The maximum Gasteiger partial charge on any atom is 0.308 e. The van der Waals surface area contributed by atoms with Crippen LogP contribution in [0.4, 0.5) is 10.1 Å². The second-order valence-corrected chi connectivity index (χ2v) is 7.45. The third-order valence-corrected chi connectivity index (χ3v) is 5.14. The maximum absolute atomic E-state index is 12.8. The van der Waals surface area contributed by atoms with Gasteiger partial charge in [0.05, 0.1) is 17.9 Å². The van der Waals surface area contributed by atoms with Crippen LogP contribution in [0.15, 0.2) is 58.4 Å². The van der Waals surface area contributed by atoms with E-state index < -0.39 is 34.3 Å². The average Bonchev–Trinajstić information content (AvgIpc) is 2.93. The second-order valence-electron chi connectivity index (χ2n) is 5.80. The van der Waals surface area contributed by atoms with Crippen molar-refractivity contribution >= 4 is 33.4 Å². The van der Waals surface area contributed by atoms with E-state index in [1.807, 2.05) is 0 Å². The fraction of sp³-hybridized carbons (Fsp3) is 0.167. The first kappa shape index (κ1) is 19.5. The normalized spacial score (nSPS) is 15.5. The van der Waals surface area contributed by atoms with Crippen LogP contribution in [0.3, 0.4) is 0 Å². The largest absolute Gasteiger partial charge is 0.456 e. The minimum atomic E-state index is -3.63. The molecule has 28 heavy (non-hydrogen) atoms. The van der Waals surface area contributed by atoms with Crippen LogP contribution in [0, 0.1) is 5.82 Å². The molecule has 0 bridgehead atoms. The summed E-state index contributed by atoms with van der Waals surface area (Å²) in [5.41, 5.74) is 0.815. The summed E-state index contributed by atoms with van der Waals surface area (Å²) in [7, 11) is -3.63.